The summed E-state index contributed by atoms with van der Waals surface area (Å²) in [6.45, 7) is 1.05. The van der Waals surface area contributed by atoms with Crippen molar-refractivity contribution in [3.8, 4) is 0 Å². The van der Waals surface area contributed by atoms with Crippen molar-refractivity contribution in [2.45, 2.75) is 12.6 Å². The number of halogens is 3. The van der Waals surface area contributed by atoms with Crippen LogP contribution in [-0.4, -0.2) is 28.6 Å². The van der Waals surface area contributed by atoms with Gasteiger partial charge in [0.1, 0.15) is 6.10 Å². The van der Waals surface area contributed by atoms with E-state index in [-0.39, 0.29) is 0 Å². The molecule has 2 heterocycles. The predicted molar refractivity (Wildman–Crippen MR) is 82.9 cm³/mol. The fraction of sp³-hybridized carbons (Fsp3) is 0.364. The van der Waals surface area contributed by atoms with Gasteiger partial charge in [-0.05, 0) is 37.9 Å². The zero-order valence-electron chi connectivity index (χ0n) is 9.94. The minimum absolute atomic E-state index is 0.448. The Morgan fingerprint density at radius 1 is 1.58 bits per heavy atom. The minimum atomic E-state index is -0.806. The van der Waals surface area contributed by atoms with Gasteiger partial charge in [0, 0.05) is 16.5 Å². The number of ether oxygens (including phenoxy) is 1. The van der Waals surface area contributed by atoms with Gasteiger partial charge in [-0.1, -0.05) is 11.6 Å². The van der Waals surface area contributed by atoms with Crippen LogP contribution in [0, 0.1) is 0 Å². The van der Waals surface area contributed by atoms with Gasteiger partial charge < -0.3 is 9.84 Å². The maximum atomic E-state index is 10.5. The fourth-order valence-corrected chi connectivity index (χ4v) is 3.96. The van der Waals surface area contributed by atoms with Gasteiger partial charge in [-0.15, -0.1) is 11.3 Å². The maximum Gasteiger partial charge on any atom is 0.131 e. The average Bonchev–Trinajstić information content (AvgIpc) is 2.90. The van der Waals surface area contributed by atoms with E-state index in [0.29, 0.717) is 23.9 Å². The van der Waals surface area contributed by atoms with Crippen molar-refractivity contribution in [2.75, 3.05) is 13.7 Å². The molecule has 1 N–H and O–H groups in total. The van der Waals surface area contributed by atoms with E-state index in [1.165, 1.54) is 17.5 Å². The molecule has 0 aliphatic rings. The SMILES string of the molecule is COCCn1ncc(Cl)c1C(O)c1cc(Br)c(Br)s1. The lowest BCUT2D eigenvalue weighted by molar-refractivity contribution is 0.172. The van der Waals surface area contributed by atoms with Gasteiger partial charge in [0.15, 0.2) is 0 Å². The zero-order chi connectivity index (χ0) is 14.0. The van der Waals surface area contributed by atoms with Crippen molar-refractivity contribution < 1.29 is 9.84 Å². The van der Waals surface area contributed by atoms with Crippen LogP contribution >= 0.6 is 54.8 Å². The first-order valence-corrected chi connectivity index (χ1v) is 8.15. The highest BCUT2D eigenvalue weighted by Gasteiger charge is 2.22. The summed E-state index contributed by atoms with van der Waals surface area (Å²) in [7, 11) is 1.62. The standard InChI is InChI=1S/C11H11Br2ClN2O2S/c1-18-3-2-16-9(7(14)5-15-16)10(17)8-4-6(12)11(13)19-8/h4-5,10,17H,2-3H2,1H3. The molecule has 104 valence electrons. The zero-order valence-corrected chi connectivity index (χ0v) is 14.7. The van der Waals surface area contributed by atoms with E-state index in [1.807, 2.05) is 6.07 Å². The summed E-state index contributed by atoms with van der Waals surface area (Å²) >= 11 is 14.4. The Kier molecular flexibility index (Phi) is 5.45. The van der Waals surface area contributed by atoms with Gasteiger partial charge in [0.25, 0.3) is 0 Å². The topological polar surface area (TPSA) is 47.3 Å². The summed E-state index contributed by atoms with van der Waals surface area (Å²) < 4.78 is 8.52. The van der Waals surface area contributed by atoms with Crippen molar-refractivity contribution in [2.24, 2.45) is 0 Å². The van der Waals surface area contributed by atoms with E-state index in [4.69, 9.17) is 16.3 Å². The molecule has 0 aliphatic carbocycles. The van der Waals surface area contributed by atoms with E-state index in [9.17, 15) is 5.11 Å². The molecule has 0 bridgehead atoms. The average molecular weight is 431 g/mol. The number of nitrogens with zero attached hydrogens (tertiary/aromatic N) is 2. The second-order valence-electron chi connectivity index (χ2n) is 3.77. The molecule has 0 aliphatic heterocycles. The molecule has 0 amide bonds. The van der Waals surface area contributed by atoms with Crippen molar-refractivity contribution in [1.29, 1.82) is 0 Å². The number of hydrogen-bond donors (Lipinski definition) is 1. The Labute approximate surface area is 136 Å². The second-order valence-corrected chi connectivity index (χ2v) is 7.43. The first-order chi connectivity index (χ1) is 9.04. The third kappa shape index (κ3) is 3.40. The van der Waals surface area contributed by atoms with E-state index >= 15 is 0 Å². The Bertz CT molecular complexity index is 554. The highest BCUT2D eigenvalue weighted by molar-refractivity contribution is 9.13. The van der Waals surface area contributed by atoms with E-state index < -0.39 is 6.10 Å². The van der Waals surface area contributed by atoms with E-state index in [1.54, 1.807) is 11.8 Å². The number of thiophene rings is 1. The largest absolute Gasteiger partial charge is 0.383 e. The molecule has 2 rings (SSSR count). The molecule has 0 spiro atoms. The second kappa shape index (κ2) is 6.69. The quantitative estimate of drug-likeness (QED) is 0.784. The van der Waals surface area contributed by atoms with Crippen LogP contribution in [0.15, 0.2) is 20.5 Å². The summed E-state index contributed by atoms with van der Waals surface area (Å²) in [5, 5.41) is 15.1. The third-order valence-corrected chi connectivity index (χ3v) is 6.13. The summed E-state index contributed by atoms with van der Waals surface area (Å²) in [4.78, 5) is 0.791. The number of aromatic nitrogens is 2. The Hall–Kier alpha value is 0.0800. The number of rotatable bonds is 5. The molecule has 19 heavy (non-hydrogen) atoms. The summed E-state index contributed by atoms with van der Waals surface area (Å²) in [6.07, 6.45) is 0.729. The molecule has 0 saturated heterocycles. The van der Waals surface area contributed by atoms with Crippen LogP contribution in [-0.2, 0) is 11.3 Å². The van der Waals surface area contributed by atoms with Gasteiger partial charge >= 0.3 is 0 Å². The molecule has 8 heteroatoms. The molecule has 1 atom stereocenters. The molecule has 2 aromatic heterocycles. The van der Waals surface area contributed by atoms with Crippen LogP contribution < -0.4 is 0 Å². The molecule has 0 aromatic carbocycles. The van der Waals surface area contributed by atoms with E-state index in [0.717, 1.165) is 13.1 Å². The Morgan fingerprint density at radius 3 is 2.89 bits per heavy atom. The van der Waals surface area contributed by atoms with Gasteiger partial charge in [0.2, 0.25) is 0 Å². The maximum absolute atomic E-state index is 10.5. The van der Waals surface area contributed by atoms with Crippen LogP contribution in [0.25, 0.3) is 0 Å². The molecular formula is C11H11Br2ClN2O2S. The lowest BCUT2D eigenvalue weighted by Crippen LogP contribution is -2.13. The normalized spacial score (nSPS) is 12.9. The Balaban J connectivity index is 2.32. The number of aliphatic hydroxyl groups excluding tert-OH is 1. The smallest absolute Gasteiger partial charge is 0.131 e. The van der Waals surface area contributed by atoms with Gasteiger partial charge in [-0.25, -0.2) is 0 Å². The minimum Gasteiger partial charge on any atom is -0.383 e. The highest BCUT2D eigenvalue weighted by Crippen LogP contribution is 2.38. The van der Waals surface area contributed by atoms with Gasteiger partial charge in [-0.3, -0.25) is 4.68 Å². The molecule has 1 unspecified atom stereocenters. The van der Waals surface area contributed by atoms with Crippen LogP contribution in [0.1, 0.15) is 16.7 Å². The molecule has 0 radical (unpaired) electrons. The molecule has 4 nitrogen and oxygen atoms in total. The molecule has 2 aromatic rings. The third-order valence-electron chi connectivity index (χ3n) is 2.53. The van der Waals surface area contributed by atoms with Crippen molar-refractivity contribution in [1.82, 2.24) is 9.78 Å². The molecule has 0 fully saturated rings. The fourth-order valence-electron chi connectivity index (χ4n) is 1.63. The lowest BCUT2D eigenvalue weighted by Gasteiger charge is -2.12. The van der Waals surface area contributed by atoms with Crippen LogP contribution in [0.4, 0.5) is 0 Å². The number of methoxy groups -OCH3 is 1. The van der Waals surface area contributed by atoms with Crippen molar-refractivity contribution in [3.63, 3.8) is 0 Å². The van der Waals surface area contributed by atoms with E-state index in [2.05, 4.69) is 37.0 Å². The molecular weight excluding hydrogens is 419 g/mol. The molecule has 0 saturated carbocycles. The van der Waals surface area contributed by atoms with Crippen molar-refractivity contribution in [3.05, 3.63) is 36.1 Å². The first kappa shape index (κ1) is 15.5. The summed E-state index contributed by atoms with van der Waals surface area (Å²) in [5.41, 5.74) is 0.583. The van der Waals surface area contributed by atoms with Crippen LogP contribution in [0.5, 0.6) is 0 Å². The number of aliphatic hydroxyl groups is 1. The summed E-state index contributed by atoms with van der Waals surface area (Å²) in [6, 6.07) is 1.86. The first-order valence-electron chi connectivity index (χ1n) is 5.37. The highest BCUT2D eigenvalue weighted by atomic mass is 79.9. The number of hydrogen-bond acceptors (Lipinski definition) is 4. The Morgan fingerprint density at radius 2 is 2.32 bits per heavy atom. The monoisotopic (exact) mass is 428 g/mol. The van der Waals surface area contributed by atoms with Crippen molar-refractivity contribution >= 4 is 54.8 Å². The lowest BCUT2D eigenvalue weighted by atomic mass is 10.2. The predicted octanol–water partition coefficient (Wildman–Crippen LogP) is 3.85. The summed E-state index contributed by atoms with van der Waals surface area (Å²) in [5.74, 6) is 0. The van der Waals surface area contributed by atoms with Crippen LogP contribution in [0.2, 0.25) is 5.02 Å². The van der Waals surface area contributed by atoms with Gasteiger partial charge in [0.05, 0.1) is 33.9 Å². The van der Waals surface area contributed by atoms with Crippen LogP contribution in [0.3, 0.4) is 0 Å². The van der Waals surface area contributed by atoms with Gasteiger partial charge in [-0.2, -0.15) is 5.10 Å².